The summed E-state index contributed by atoms with van der Waals surface area (Å²) in [6.07, 6.45) is -6.67. The van der Waals surface area contributed by atoms with Crippen LogP contribution in [-0.4, -0.2) is 62.8 Å². The molecule has 0 bridgehead atoms. The van der Waals surface area contributed by atoms with E-state index >= 15 is 0 Å². The van der Waals surface area contributed by atoms with E-state index in [1.807, 2.05) is 0 Å². The van der Waals surface area contributed by atoms with Gasteiger partial charge in [0.2, 0.25) is 0 Å². The molecule has 5 rings (SSSR count). The molecule has 0 radical (unpaired) electrons. The van der Waals surface area contributed by atoms with Gasteiger partial charge in [0.1, 0.15) is 29.5 Å². The molecule has 2 aromatic heterocycles. The second-order valence-electron chi connectivity index (χ2n) is 8.36. The highest BCUT2D eigenvalue weighted by Gasteiger charge is 2.38. The minimum Gasteiger partial charge on any atom is -0.475 e. The van der Waals surface area contributed by atoms with Crippen LogP contribution in [0.15, 0.2) is 47.3 Å². The maximum atomic E-state index is 14.4. The molecule has 1 saturated heterocycles. The lowest BCUT2D eigenvalue weighted by atomic mass is 10.0. The molecule has 0 amide bonds. The molecule has 4 N–H and O–H groups in total. The number of benzene rings is 2. The molecule has 4 aromatic rings. The topological polar surface area (TPSA) is 133 Å². The van der Waals surface area contributed by atoms with Gasteiger partial charge in [0, 0.05) is 28.6 Å². The van der Waals surface area contributed by atoms with Crippen LogP contribution in [0.2, 0.25) is 5.02 Å². The van der Waals surface area contributed by atoms with Gasteiger partial charge < -0.3 is 15.2 Å². The Balaban J connectivity index is 0.000000448. The molecule has 1 fully saturated rings. The smallest absolute Gasteiger partial charge is 0.475 e. The summed E-state index contributed by atoms with van der Waals surface area (Å²) >= 11 is 5.86. The Morgan fingerprint density at radius 3 is 2.56 bits per heavy atom. The maximum absolute atomic E-state index is 14.4. The van der Waals surface area contributed by atoms with Gasteiger partial charge in [-0.05, 0) is 48.9 Å². The number of H-pyrrole nitrogens is 2. The first-order valence-electron chi connectivity index (χ1n) is 11.3. The molecule has 39 heavy (non-hydrogen) atoms. The van der Waals surface area contributed by atoms with E-state index in [0.717, 1.165) is 0 Å². The van der Waals surface area contributed by atoms with Crippen LogP contribution < -0.4 is 15.6 Å². The fraction of sp³-hybridized carbons (Fsp3) is 0.250. The molecule has 9 nitrogen and oxygen atoms in total. The van der Waals surface area contributed by atoms with Crippen molar-refractivity contribution >= 4 is 28.5 Å². The van der Waals surface area contributed by atoms with Gasteiger partial charge >= 0.3 is 12.1 Å². The number of aromatic amines is 2. The van der Waals surface area contributed by atoms with Gasteiger partial charge in [-0.15, -0.1) is 0 Å². The number of carboxylic acids is 1. The first-order valence-corrected chi connectivity index (χ1v) is 11.7. The average molecular weight is 572 g/mol. The number of carbonyl (C=O) groups is 1. The summed E-state index contributed by atoms with van der Waals surface area (Å²) in [4.78, 5) is 28.0. The normalized spacial score (nSPS) is 17.4. The third kappa shape index (κ3) is 6.70. The lowest BCUT2D eigenvalue weighted by Crippen LogP contribution is -2.45. The van der Waals surface area contributed by atoms with Crippen molar-refractivity contribution in [3.8, 4) is 28.5 Å². The third-order valence-electron chi connectivity index (χ3n) is 5.62. The van der Waals surface area contributed by atoms with Crippen LogP contribution in [0.4, 0.5) is 22.0 Å². The predicted molar refractivity (Wildman–Crippen MR) is 131 cm³/mol. The van der Waals surface area contributed by atoms with E-state index in [1.54, 1.807) is 30.3 Å². The molecular weight excluding hydrogens is 553 g/mol. The van der Waals surface area contributed by atoms with E-state index < -0.39 is 35.8 Å². The standard InChI is InChI=1S/C22H18ClF2N5O2.C2HF3O2/c23-12-2-3-13(16(25)8-12)11-1-4-17-14(7-11)21(30-29-17)18-9-20(31)28-22(27-18)32-19-10-26-6-5-15(19)24;3-2(4,5)1(6)7/h1-4,7-9,15,19,26H,5-6,10H2,(H,29,30)(H,27,28,31);(H,6,7)/t15-,19-;/m0./s1. The quantitative estimate of drug-likeness (QED) is 0.265. The van der Waals surface area contributed by atoms with E-state index in [4.69, 9.17) is 26.2 Å². The number of ether oxygens (including phenoxy) is 1. The van der Waals surface area contributed by atoms with Crippen molar-refractivity contribution in [3.63, 3.8) is 0 Å². The molecule has 0 saturated carbocycles. The summed E-state index contributed by atoms with van der Waals surface area (Å²) in [5.74, 6) is -3.21. The monoisotopic (exact) mass is 571 g/mol. The Bertz CT molecular complexity index is 1560. The highest BCUT2D eigenvalue weighted by atomic mass is 35.5. The number of halogens is 6. The number of piperidine rings is 1. The fourth-order valence-electron chi connectivity index (χ4n) is 3.77. The number of fused-ring (bicyclic) bond motifs is 1. The van der Waals surface area contributed by atoms with Crippen LogP contribution in [0, 0.1) is 5.82 Å². The number of hydrogen-bond acceptors (Lipinski definition) is 6. The van der Waals surface area contributed by atoms with Gasteiger partial charge in [-0.3, -0.25) is 14.9 Å². The number of hydrogen-bond donors (Lipinski definition) is 4. The number of rotatable bonds is 4. The average Bonchev–Trinajstić information content (AvgIpc) is 3.28. The van der Waals surface area contributed by atoms with Crippen LogP contribution in [0.5, 0.6) is 6.01 Å². The van der Waals surface area contributed by atoms with E-state index in [2.05, 4.69) is 25.5 Å². The molecule has 0 unspecified atom stereocenters. The number of carboxylic acid groups (broad SMARTS) is 1. The van der Waals surface area contributed by atoms with Gasteiger partial charge in [-0.2, -0.15) is 23.3 Å². The van der Waals surface area contributed by atoms with Gasteiger partial charge in [0.05, 0.1) is 5.52 Å². The van der Waals surface area contributed by atoms with Crippen LogP contribution in [0.1, 0.15) is 6.42 Å². The van der Waals surface area contributed by atoms with Gasteiger partial charge in [-0.25, -0.2) is 13.6 Å². The third-order valence-corrected chi connectivity index (χ3v) is 5.85. The second kappa shape index (κ2) is 11.4. The summed E-state index contributed by atoms with van der Waals surface area (Å²) in [6, 6.07) is 10.9. The van der Waals surface area contributed by atoms with Gasteiger partial charge in [0.25, 0.3) is 11.6 Å². The molecule has 206 valence electrons. The summed E-state index contributed by atoms with van der Waals surface area (Å²) in [5.41, 5.74) is 1.87. The number of nitrogens with one attached hydrogen (secondary N) is 3. The molecule has 0 aliphatic carbocycles. The summed E-state index contributed by atoms with van der Waals surface area (Å²) in [5, 5.41) is 18.3. The van der Waals surface area contributed by atoms with E-state index in [0.29, 0.717) is 52.3 Å². The molecule has 1 aliphatic rings. The SMILES string of the molecule is O=C(O)C(F)(F)F.O=c1cc(-c2n[nH]c3ccc(-c4ccc(Cl)cc4F)cc23)nc(O[C@H]2CNCC[C@@H]2F)[nH]1. The summed E-state index contributed by atoms with van der Waals surface area (Å²) in [6.45, 7) is 0.886. The van der Waals surface area contributed by atoms with Crippen molar-refractivity contribution in [1.82, 2.24) is 25.5 Å². The van der Waals surface area contributed by atoms with Crippen LogP contribution in [-0.2, 0) is 4.79 Å². The van der Waals surface area contributed by atoms with Crippen molar-refractivity contribution in [3.05, 3.63) is 63.7 Å². The number of aliphatic carboxylic acids is 1. The Morgan fingerprint density at radius 1 is 1.15 bits per heavy atom. The summed E-state index contributed by atoms with van der Waals surface area (Å²) < 4.78 is 65.9. The molecule has 0 spiro atoms. The Kier molecular flexibility index (Phi) is 8.16. The van der Waals surface area contributed by atoms with E-state index in [9.17, 15) is 26.7 Å². The van der Waals surface area contributed by atoms with E-state index in [1.165, 1.54) is 12.1 Å². The van der Waals surface area contributed by atoms with Crippen molar-refractivity contribution in [1.29, 1.82) is 0 Å². The molecule has 1 aliphatic heterocycles. The fourth-order valence-corrected chi connectivity index (χ4v) is 3.93. The first kappa shape index (κ1) is 28.0. The Morgan fingerprint density at radius 2 is 1.90 bits per heavy atom. The molecule has 2 aromatic carbocycles. The lowest BCUT2D eigenvalue weighted by Gasteiger charge is -2.26. The number of alkyl halides is 4. The van der Waals surface area contributed by atoms with Gasteiger partial charge in [-0.1, -0.05) is 17.7 Å². The Labute approximate surface area is 221 Å². The lowest BCUT2D eigenvalue weighted by molar-refractivity contribution is -0.192. The minimum atomic E-state index is -5.08. The van der Waals surface area contributed by atoms with Crippen LogP contribution in [0.3, 0.4) is 0 Å². The Hall–Kier alpha value is -4.04. The molecular formula is C24H19ClF5N5O4. The zero-order valence-corrected chi connectivity index (χ0v) is 20.4. The summed E-state index contributed by atoms with van der Waals surface area (Å²) in [7, 11) is 0. The first-order chi connectivity index (χ1) is 18.4. The molecule has 2 atom stereocenters. The van der Waals surface area contributed by atoms with E-state index in [-0.39, 0.29) is 11.7 Å². The number of nitrogens with zero attached hydrogens (tertiary/aromatic N) is 2. The highest BCUT2D eigenvalue weighted by Crippen LogP contribution is 2.32. The predicted octanol–water partition coefficient (Wildman–Crippen LogP) is 4.48. The zero-order valence-electron chi connectivity index (χ0n) is 19.7. The number of aromatic nitrogens is 4. The van der Waals surface area contributed by atoms with Gasteiger partial charge in [0.15, 0.2) is 0 Å². The second-order valence-corrected chi connectivity index (χ2v) is 8.80. The molecule has 15 heteroatoms. The zero-order chi connectivity index (χ0) is 28.3. The molecule has 3 heterocycles. The van der Waals surface area contributed by atoms with Crippen molar-refractivity contribution in [2.45, 2.75) is 24.9 Å². The van der Waals surface area contributed by atoms with Crippen molar-refractivity contribution in [2.24, 2.45) is 0 Å². The van der Waals surface area contributed by atoms with Crippen LogP contribution in [0.25, 0.3) is 33.4 Å². The largest absolute Gasteiger partial charge is 0.490 e. The van der Waals surface area contributed by atoms with Crippen molar-refractivity contribution in [2.75, 3.05) is 13.1 Å². The van der Waals surface area contributed by atoms with Crippen molar-refractivity contribution < 1.29 is 36.6 Å². The minimum absolute atomic E-state index is 0.0834. The van der Waals surface area contributed by atoms with Crippen LogP contribution >= 0.6 is 11.6 Å². The maximum Gasteiger partial charge on any atom is 0.490 e. The highest BCUT2D eigenvalue weighted by molar-refractivity contribution is 6.30.